The van der Waals surface area contributed by atoms with Crippen LogP contribution in [0.4, 0.5) is 0 Å². The average molecular weight is 433 g/mol. The predicted molar refractivity (Wildman–Crippen MR) is 115 cm³/mol. The minimum atomic E-state index is -1.93. The van der Waals surface area contributed by atoms with Crippen LogP contribution < -0.4 is 9.47 Å². The molecule has 5 atom stereocenters. The number of hydrogen-bond acceptors (Lipinski definition) is 7. The molecule has 7 heteroatoms. The molecule has 170 valence electrons. The standard InChI is InChI=1S/C24H32O7/c1-4-14-5-7-15(8-6-14)9-16-10-18(20(31-3)11-19(16)30-2)24(29)12-17(13-25)21(26)22(27)23(24)28/h5-8,10-11,17,21-23,25-29H,4,9,12-13H2,1-3H3/t17-,21-,22?,23-,24-/m1/s1. The third-order valence-electron chi connectivity index (χ3n) is 6.35. The Balaban J connectivity index is 2.07. The van der Waals surface area contributed by atoms with Crippen molar-refractivity contribution in [3.63, 3.8) is 0 Å². The maximum Gasteiger partial charge on any atom is 0.128 e. The fourth-order valence-corrected chi connectivity index (χ4v) is 4.39. The maximum absolute atomic E-state index is 11.5. The minimum Gasteiger partial charge on any atom is -0.496 e. The highest BCUT2D eigenvalue weighted by molar-refractivity contribution is 5.51. The summed E-state index contributed by atoms with van der Waals surface area (Å²) in [6.07, 6.45) is -3.30. The first-order valence-corrected chi connectivity index (χ1v) is 10.5. The largest absolute Gasteiger partial charge is 0.496 e. The van der Waals surface area contributed by atoms with E-state index in [0.29, 0.717) is 12.2 Å². The van der Waals surface area contributed by atoms with Gasteiger partial charge in [-0.3, -0.25) is 0 Å². The third-order valence-corrected chi connectivity index (χ3v) is 6.35. The Labute approximate surface area is 182 Å². The second-order valence-electron chi connectivity index (χ2n) is 8.21. The molecule has 1 unspecified atom stereocenters. The molecule has 3 rings (SSSR count). The number of benzene rings is 2. The normalized spacial score (nSPS) is 28.4. The maximum atomic E-state index is 11.5. The highest BCUT2D eigenvalue weighted by Gasteiger charge is 2.53. The molecule has 0 radical (unpaired) electrons. The van der Waals surface area contributed by atoms with Gasteiger partial charge in [-0.05, 0) is 35.6 Å². The lowest BCUT2D eigenvalue weighted by atomic mass is 9.69. The van der Waals surface area contributed by atoms with Gasteiger partial charge in [-0.15, -0.1) is 0 Å². The molecule has 0 aliphatic heterocycles. The summed E-state index contributed by atoms with van der Waals surface area (Å²) in [5, 5.41) is 52.3. The van der Waals surface area contributed by atoms with Crippen LogP contribution in [-0.4, -0.2) is 64.7 Å². The summed E-state index contributed by atoms with van der Waals surface area (Å²) >= 11 is 0. The molecule has 0 amide bonds. The molecule has 0 heterocycles. The summed E-state index contributed by atoms with van der Waals surface area (Å²) in [5.74, 6) is 0.0392. The summed E-state index contributed by atoms with van der Waals surface area (Å²) in [7, 11) is 2.99. The fourth-order valence-electron chi connectivity index (χ4n) is 4.39. The van der Waals surface area contributed by atoms with Gasteiger partial charge in [0, 0.05) is 30.6 Å². The van der Waals surface area contributed by atoms with Crippen molar-refractivity contribution in [3.8, 4) is 11.5 Å². The first kappa shape index (κ1) is 23.5. The smallest absolute Gasteiger partial charge is 0.128 e. The van der Waals surface area contributed by atoms with E-state index in [0.717, 1.165) is 17.5 Å². The fraction of sp³-hybridized carbons (Fsp3) is 0.500. The Morgan fingerprint density at radius 3 is 2.10 bits per heavy atom. The van der Waals surface area contributed by atoms with Crippen LogP contribution in [0.1, 0.15) is 35.6 Å². The number of aliphatic hydroxyl groups is 5. The zero-order valence-corrected chi connectivity index (χ0v) is 18.2. The van der Waals surface area contributed by atoms with Crippen molar-refractivity contribution in [1.29, 1.82) is 0 Å². The average Bonchev–Trinajstić information content (AvgIpc) is 2.80. The van der Waals surface area contributed by atoms with E-state index in [-0.39, 0.29) is 17.7 Å². The van der Waals surface area contributed by atoms with Crippen LogP contribution in [0.25, 0.3) is 0 Å². The predicted octanol–water partition coefficient (Wildman–Crippen LogP) is 1.14. The van der Waals surface area contributed by atoms with Gasteiger partial charge in [-0.25, -0.2) is 0 Å². The van der Waals surface area contributed by atoms with Crippen molar-refractivity contribution in [3.05, 3.63) is 58.7 Å². The molecule has 0 spiro atoms. The summed E-state index contributed by atoms with van der Waals surface area (Å²) < 4.78 is 11.0. The Morgan fingerprint density at radius 2 is 1.55 bits per heavy atom. The van der Waals surface area contributed by atoms with Crippen LogP contribution in [0.2, 0.25) is 0 Å². The minimum absolute atomic E-state index is 0.143. The van der Waals surface area contributed by atoms with Gasteiger partial charge in [-0.1, -0.05) is 31.2 Å². The Bertz CT molecular complexity index is 880. The number of aliphatic hydroxyl groups excluding tert-OH is 4. The van der Waals surface area contributed by atoms with E-state index in [9.17, 15) is 25.5 Å². The monoisotopic (exact) mass is 432 g/mol. The van der Waals surface area contributed by atoms with Gasteiger partial charge in [0.05, 0.1) is 20.3 Å². The van der Waals surface area contributed by atoms with Gasteiger partial charge in [0.1, 0.15) is 29.3 Å². The molecule has 2 aromatic rings. The second-order valence-corrected chi connectivity index (χ2v) is 8.21. The number of rotatable bonds is 7. The van der Waals surface area contributed by atoms with Crippen LogP contribution in [0.3, 0.4) is 0 Å². The van der Waals surface area contributed by atoms with E-state index < -0.39 is 36.4 Å². The number of methoxy groups -OCH3 is 2. The summed E-state index contributed by atoms with van der Waals surface area (Å²) in [4.78, 5) is 0. The molecule has 1 fully saturated rings. The van der Waals surface area contributed by atoms with Gasteiger partial charge < -0.3 is 35.0 Å². The lowest BCUT2D eigenvalue weighted by molar-refractivity contribution is -0.213. The molecule has 5 N–H and O–H groups in total. The lowest BCUT2D eigenvalue weighted by Gasteiger charge is -2.46. The van der Waals surface area contributed by atoms with Crippen molar-refractivity contribution in [2.45, 2.75) is 50.1 Å². The Kier molecular flexibility index (Phi) is 7.24. The van der Waals surface area contributed by atoms with Crippen LogP contribution >= 0.6 is 0 Å². The molecule has 1 aliphatic rings. The molecule has 2 aromatic carbocycles. The summed E-state index contributed by atoms with van der Waals surface area (Å²) in [6, 6.07) is 11.5. The summed E-state index contributed by atoms with van der Waals surface area (Å²) in [5.41, 5.74) is 1.39. The zero-order valence-electron chi connectivity index (χ0n) is 18.2. The SMILES string of the molecule is CCc1ccc(Cc2cc([C@]3(O)C[C@H](CO)[C@@H](O)C(O)[C@H]3O)c(OC)cc2OC)cc1. The molecule has 7 nitrogen and oxygen atoms in total. The third kappa shape index (κ3) is 4.42. The van der Waals surface area contributed by atoms with Gasteiger partial charge in [0.2, 0.25) is 0 Å². The van der Waals surface area contributed by atoms with Crippen molar-refractivity contribution >= 4 is 0 Å². The van der Waals surface area contributed by atoms with Crippen LogP contribution in [-0.2, 0) is 18.4 Å². The first-order chi connectivity index (χ1) is 14.8. The van der Waals surface area contributed by atoms with Crippen molar-refractivity contribution in [2.75, 3.05) is 20.8 Å². The lowest BCUT2D eigenvalue weighted by Crippen LogP contribution is -2.59. The van der Waals surface area contributed by atoms with Gasteiger partial charge in [-0.2, -0.15) is 0 Å². The van der Waals surface area contributed by atoms with Crippen molar-refractivity contribution < 1.29 is 35.0 Å². The van der Waals surface area contributed by atoms with Crippen LogP contribution in [0.5, 0.6) is 11.5 Å². The quantitative estimate of drug-likeness (QED) is 0.445. The molecule has 1 aliphatic carbocycles. The highest BCUT2D eigenvalue weighted by atomic mass is 16.5. The van der Waals surface area contributed by atoms with E-state index in [2.05, 4.69) is 19.1 Å². The van der Waals surface area contributed by atoms with Crippen LogP contribution in [0.15, 0.2) is 36.4 Å². The van der Waals surface area contributed by atoms with Gasteiger partial charge in [0.15, 0.2) is 0 Å². The Hall–Kier alpha value is -2.16. The zero-order chi connectivity index (χ0) is 22.8. The van der Waals surface area contributed by atoms with Gasteiger partial charge in [0.25, 0.3) is 0 Å². The molecular formula is C24H32O7. The van der Waals surface area contributed by atoms with E-state index in [1.165, 1.54) is 12.7 Å². The summed E-state index contributed by atoms with van der Waals surface area (Å²) in [6.45, 7) is 1.65. The van der Waals surface area contributed by atoms with Crippen LogP contribution in [0, 0.1) is 5.92 Å². The molecule has 31 heavy (non-hydrogen) atoms. The number of ether oxygens (including phenoxy) is 2. The Morgan fingerprint density at radius 1 is 0.935 bits per heavy atom. The molecule has 0 aromatic heterocycles. The molecule has 0 bridgehead atoms. The number of hydrogen-bond donors (Lipinski definition) is 5. The topological polar surface area (TPSA) is 120 Å². The number of aryl methyl sites for hydroxylation is 1. The van der Waals surface area contributed by atoms with Gasteiger partial charge >= 0.3 is 0 Å². The van der Waals surface area contributed by atoms with E-state index in [1.54, 1.807) is 19.2 Å². The first-order valence-electron chi connectivity index (χ1n) is 10.5. The molecule has 1 saturated carbocycles. The van der Waals surface area contributed by atoms with Crippen molar-refractivity contribution in [1.82, 2.24) is 0 Å². The second kappa shape index (κ2) is 9.54. The van der Waals surface area contributed by atoms with E-state index >= 15 is 0 Å². The van der Waals surface area contributed by atoms with E-state index in [1.807, 2.05) is 12.1 Å². The molecular weight excluding hydrogens is 400 g/mol. The highest BCUT2D eigenvalue weighted by Crippen LogP contribution is 2.46. The molecule has 0 saturated heterocycles. The van der Waals surface area contributed by atoms with E-state index in [4.69, 9.17) is 9.47 Å². The van der Waals surface area contributed by atoms with Crippen molar-refractivity contribution in [2.24, 2.45) is 5.92 Å².